The topological polar surface area (TPSA) is 73.4 Å². The smallest absolute Gasteiger partial charge is 0.276 e. The second kappa shape index (κ2) is 6.52. The molecule has 0 aromatic carbocycles. The van der Waals surface area contributed by atoms with Crippen LogP contribution < -0.4 is 5.32 Å². The van der Waals surface area contributed by atoms with E-state index in [0.717, 1.165) is 42.0 Å². The van der Waals surface area contributed by atoms with Crippen molar-refractivity contribution in [2.75, 3.05) is 13.1 Å². The summed E-state index contributed by atoms with van der Waals surface area (Å²) in [6.45, 7) is 4.00. The number of aromatic amines is 1. The van der Waals surface area contributed by atoms with Crippen molar-refractivity contribution in [3.8, 4) is 0 Å². The predicted molar refractivity (Wildman–Crippen MR) is 99.2 cm³/mol. The van der Waals surface area contributed by atoms with Crippen LogP contribution in [0.5, 0.6) is 0 Å². The Hall–Kier alpha value is -2.34. The van der Waals surface area contributed by atoms with Gasteiger partial charge in [0.1, 0.15) is 11.3 Å². The minimum Gasteiger partial charge on any atom is -0.346 e. The minimum atomic E-state index is -0.170. The van der Waals surface area contributed by atoms with E-state index in [2.05, 4.69) is 32.1 Å². The number of nitrogens with one attached hydrogen (secondary N) is 2. The molecular formula is C18H20ClN5O. The monoisotopic (exact) mass is 357 g/mol. The number of aliphatic imine (C=N–C) groups is 1. The SMILES string of the molecule is CCCN(CC1CC1)C1=N/C(=C\c2c[nH]c3ncc(Cl)cc23)C(=O)N1. The first-order chi connectivity index (χ1) is 12.1. The van der Waals surface area contributed by atoms with Gasteiger partial charge in [0.25, 0.3) is 5.91 Å². The summed E-state index contributed by atoms with van der Waals surface area (Å²) in [7, 11) is 0. The number of fused-ring (bicyclic) bond motifs is 1. The number of nitrogens with zero attached hydrogens (tertiary/aromatic N) is 3. The lowest BCUT2D eigenvalue weighted by atomic mass is 10.2. The molecule has 1 saturated carbocycles. The predicted octanol–water partition coefficient (Wildman–Crippen LogP) is 3.17. The summed E-state index contributed by atoms with van der Waals surface area (Å²) in [6, 6.07) is 1.83. The van der Waals surface area contributed by atoms with Gasteiger partial charge in [-0.2, -0.15) is 0 Å². The van der Waals surface area contributed by atoms with E-state index in [1.807, 2.05) is 12.3 Å². The number of aromatic nitrogens is 2. The number of amides is 1. The average Bonchev–Trinajstić information content (AvgIpc) is 3.22. The Balaban J connectivity index is 1.64. The second-order valence-corrected chi connectivity index (χ2v) is 7.04. The molecule has 0 radical (unpaired) electrons. The van der Waals surface area contributed by atoms with Gasteiger partial charge in [-0.1, -0.05) is 18.5 Å². The van der Waals surface area contributed by atoms with Gasteiger partial charge in [-0.25, -0.2) is 9.98 Å². The fraction of sp³-hybridized carbons (Fsp3) is 0.389. The molecule has 0 bridgehead atoms. The van der Waals surface area contributed by atoms with Crippen molar-refractivity contribution in [2.24, 2.45) is 10.9 Å². The molecule has 2 N–H and O–H groups in total. The second-order valence-electron chi connectivity index (χ2n) is 6.60. The number of H-pyrrole nitrogens is 1. The Labute approximate surface area is 151 Å². The highest BCUT2D eigenvalue weighted by molar-refractivity contribution is 6.31. The van der Waals surface area contributed by atoms with Crippen molar-refractivity contribution in [3.63, 3.8) is 0 Å². The molecule has 1 aliphatic carbocycles. The maximum Gasteiger partial charge on any atom is 0.276 e. The van der Waals surface area contributed by atoms with E-state index in [0.29, 0.717) is 16.7 Å². The molecule has 6 nitrogen and oxygen atoms in total. The average molecular weight is 358 g/mol. The third-order valence-electron chi connectivity index (χ3n) is 4.47. The van der Waals surface area contributed by atoms with E-state index < -0.39 is 0 Å². The van der Waals surface area contributed by atoms with Crippen LogP contribution in [0.15, 0.2) is 29.1 Å². The molecule has 3 heterocycles. The maximum absolute atomic E-state index is 12.4. The van der Waals surface area contributed by atoms with Gasteiger partial charge in [0.2, 0.25) is 5.96 Å². The quantitative estimate of drug-likeness (QED) is 0.807. The number of rotatable bonds is 5. The van der Waals surface area contributed by atoms with Crippen LogP contribution in [0.4, 0.5) is 0 Å². The summed E-state index contributed by atoms with van der Waals surface area (Å²) in [4.78, 5) is 26.4. The van der Waals surface area contributed by atoms with Crippen molar-refractivity contribution >= 4 is 40.6 Å². The Morgan fingerprint density at radius 2 is 2.28 bits per heavy atom. The zero-order valence-corrected chi connectivity index (χ0v) is 14.8. The normalized spacial score (nSPS) is 18.7. The molecule has 0 atom stereocenters. The Morgan fingerprint density at radius 3 is 3.04 bits per heavy atom. The first-order valence-electron chi connectivity index (χ1n) is 8.63. The number of carbonyl (C=O) groups excluding carboxylic acids is 1. The number of halogens is 1. The van der Waals surface area contributed by atoms with Crippen molar-refractivity contribution < 1.29 is 4.79 Å². The van der Waals surface area contributed by atoms with Crippen molar-refractivity contribution in [3.05, 3.63) is 34.7 Å². The summed E-state index contributed by atoms with van der Waals surface area (Å²) >= 11 is 6.04. The Morgan fingerprint density at radius 1 is 1.44 bits per heavy atom. The van der Waals surface area contributed by atoms with Gasteiger partial charge in [0, 0.05) is 36.4 Å². The molecule has 2 aromatic heterocycles. The van der Waals surface area contributed by atoms with Gasteiger partial charge in [-0.15, -0.1) is 0 Å². The van der Waals surface area contributed by atoms with Crippen molar-refractivity contribution in [2.45, 2.75) is 26.2 Å². The van der Waals surface area contributed by atoms with Crippen LogP contribution in [0.2, 0.25) is 5.02 Å². The zero-order chi connectivity index (χ0) is 17.4. The lowest BCUT2D eigenvalue weighted by Gasteiger charge is -2.22. The molecule has 0 spiro atoms. The molecule has 2 aliphatic rings. The Kier molecular flexibility index (Phi) is 4.21. The molecule has 0 unspecified atom stereocenters. The van der Waals surface area contributed by atoms with Gasteiger partial charge < -0.3 is 9.88 Å². The summed E-state index contributed by atoms with van der Waals surface area (Å²) < 4.78 is 0. The molecule has 4 rings (SSSR count). The lowest BCUT2D eigenvalue weighted by Crippen LogP contribution is -2.41. The van der Waals surface area contributed by atoms with E-state index in [-0.39, 0.29) is 5.91 Å². The van der Waals surface area contributed by atoms with Crippen LogP contribution in [0.3, 0.4) is 0 Å². The minimum absolute atomic E-state index is 0.170. The summed E-state index contributed by atoms with van der Waals surface area (Å²) in [5.74, 6) is 1.23. The van der Waals surface area contributed by atoms with Gasteiger partial charge >= 0.3 is 0 Å². The fourth-order valence-corrected chi connectivity index (χ4v) is 3.19. The van der Waals surface area contributed by atoms with Gasteiger partial charge in [-0.05, 0) is 37.3 Å². The molecule has 0 saturated heterocycles. The maximum atomic E-state index is 12.4. The summed E-state index contributed by atoms with van der Waals surface area (Å²) in [5.41, 5.74) is 2.00. The van der Waals surface area contributed by atoms with Crippen LogP contribution in [0.25, 0.3) is 17.1 Å². The van der Waals surface area contributed by atoms with E-state index in [9.17, 15) is 4.79 Å². The third kappa shape index (κ3) is 3.39. The van der Waals surface area contributed by atoms with E-state index >= 15 is 0 Å². The first-order valence-corrected chi connectivity index (χ1v) is 9.01. The number of hydrogen-bond donors (Lipinski definition) is 2. The van der Waals surface area contributed by atoms with E-state index in [4.69, 9.17) is 11.6 Å². The molecule has 130 valence electrons. The molecule has 2 aromatic rings. The highest BCUT2D eigenvalue weighted by Gasteiger charge is 2.29. The third-order valence-corrected chi connectivity index (χ3v) is 4.68. The molecular weight excluding hydrogens is 338 g/mol. The van der Waals surface area contributed by atoms with E-state index in [1.54, 1.807) is 12.3 Å². The van der Waals surface area contributed by atoms with Gasteiger partial charge in [0.15, 0.2) is 0 Å². The summed E-state index contributed by atoms with van der Waals surface area (Å²) in [5, 5.41) is 4.35. The largest absolute Gasteiger partial charge is 0.346 e. The Bertz CT molecular complexity index is 881. The molecule has 25 heavy (non-hydrogen) atoms. The van der Waals surface area contributed by atoms with Crippen molar-refractivity contribution in [1.29, 1.82) is 0 Å². The highest BCUT2D eigenvalue weighted by atomic mass is 35.5. The van der Waals surface area contributed by atoms with Crippen molar-refractivity contribution in [1.82, 2.24) is 20.2 Å². The van der Waals surface area contributed by atoms with Crippen LogP contribution in [0.1, 0.15) is 31.7 Å². The number of guanidine groups is 1. The van der Waals surface area contributed by atoms with E-state index in [1.165, 1.54) is 12.8 Å². The molecule has 1 amide bonds. The lowest BCUT2D eigenvalue weighted by molar-refractivity contribution is -0.115. The van der Waals surface area contributed by atoms with Crippen LogP contribution in [-0.2, 0) is 4.79 Å². The standard InChI is InChI=1S/C18H20ClN5O/c1-2-5-24(10-11-3-4-11)18-22-15(17(25)23-18)6-12-8-20-16-14(12)7-13(19)9-21-16/h6-9,11H,2-5,10H2,1H3,(H,20,21)(H,22,23,25)/b15-6-. The van der Waals surface area contributed by atoms with Crippen LogP contribution in [-0.4, -0.2) is 39.8 Å². The molecule has 7 heteroatoms. The first kappa shape index (κ1) is 16.1. The highest BCUT2D eigenvalue weighted by Crippen LogP contribution is 2.30. The number of pyridine rings is 1. The molecule has 1 aliphatic heterocycles. The fourth-order valence-electron chi connectivity index (χ4n) is 3.04. The summed E-state index contributed by atoms with van der Waals surface area (Å²) in [6.07, 6.45) is 8.75. The zero-order valence-electron chi connectivity index (χ0n) is 14.1. The molecule has 1 fully saturated rings. The van der Waals surface area contributed by atoms with Crippen LogP contribution >= 0.6 is 11.6 Å². The number of carbonyl (C=O) groups is 1. The van der Waals surface area contributed by atoms with Gasteiger partial charge in [-0.3, -0.25) is 10.1 Å². The number of hydrogen-bond acceptors (Lipinski definition) is 4. The van der Waals surface area contributed by atoms with Crippen LogP contribution in [0, 0.1) is 5.92 Å². The van der Waals surface area contributed by atoms with Gasteiger partial charge in [0.05, 0.1) is 5.02 Å².